The molecule has 0 fully saturated rings. The molecule has 0 heterocycles. The molecule has 0 unspecified atom stereocenters. The highest BCUT2D eigenvalue weighted by Crippen LogP contribution is 2.21. The Labute approximate surface area is 134 Å². The van der Waals surface area contributed by atoms with E-state index < -0.39 is 11.7 Å². The van der Waals surface area contributed by atoms with Crippen molar-refractivity contribution < 1.29 is 8.78 Å². The third kappa shape index (κ3) is 4.53. The van der Waals surface area contributed by atoms with Crippen molar-refractivity contribution in [2.45, 2.75) is 19.8 Å². The standard InChI is InChI=1S/C20H15F2N/c1-2-3-15-4-6-16(7-5-15)10-13-19(21)20(22)18-11-8-17(14-23)9-12-18/h4-9,11-12H,2-3H2,1H3. The molecular formula is C20H15F2N. The normalized spacial score (nSPS) is 11.0. The lowest BCUT2D eigenvalue weighted by Crippen LogP contribution is -1.84. The van der Waals surface area contributed by atoms with Gasteiger partial charge in [0.15, 0.2) is 5.83 Å². The summed E-state index contributed by atoms with van der Waals surface area (Å²) in [6.45, 7) is 2.10. The molecule has 0 saturated heterocycles. The van der Waals surface area contributed by atoms with E-state index in [9.17, 15) is 8.78 Å². The molecule has 0 aliphatic rings. The maximum Gasteiger partial charge on any atom is 0.209 e. The monoisotopic (exact) mass is 307 g/mol. The Bertz CT molecular complexity index is 798. The van der Waals surface area contributed by atoms with Gasteiger partial charge in [-0.1, -0.05) is 43.5 Å². The highest BCUT2D eigenvalue weighted by atomic mass is 19.2. The first-order valence-corrected chi connectivity index (χ1v) is 7.30. The summed E-state index contributed by atoms with van der Waals surface area (Å²) in [5, 5.41) is 8.69. The number of nitriles is 1. The first kappa shape index (κ1) is 16.5. The van der Waals surface area contributed by atoms with Crippen molar-refractivity contribution in [3.63, 3.8) is 0 Å². The molecule has 0 bridgehead atoms. The molecule has 23 heavy (non-hydrogen) atoms. The van der Waals surface area contributed by atoms with Crippen molar-refractivity contribution in [2.24, 2.45) is 0 Å². The average molecular weight is 307 g/mol. The molecule has 2 aromatic carbocycles. The predicted octanol–water partition coefficient (Wildman–Crippen LogP) is 5.17. The number of nitrogens with zero attached hydrogens (tertiary/aromatic N) is 1. The summed E-state index contributed by atoms with van der Waals surface area (Å²) >= 11 is 0. The number of allylic oxidation sites excluding steroid dienone is 1. The van der Waals surface area contributed by atoms with Crippen molar-refractivity contribution in [1.82, 2.24) is 0 Å². The van der Waals surface area contributed by atoms with E-state index in [1.54, 1.807) is 12.1 Å². The molecule has 0 atom stereocenters. The fourth-order valence-corrected chi connectivity index (χ4v) is 2.04. The van der Waals surface area contributed by atoms with Crippen LogP contribution in [0.5, 0.6) is 0 Å². The van der Waals surface area contributed by atoms with E-state index in [4.69, 9.17) is 5.26 Å². The van der Waals surface area contributed by atoms with Gasteiger partial charge >= 0.3 is 0 Å². The Balaban J connectivity index is 2.19. The van der Waals surface area contributed by atoms with Crippen LogP contribution in [0.25, 0.3) is 5.83 Å². The lowest BCUT2D eigenvalue weighted by Gasteiger charge is -1.98. The van der Waals surface area contributed by atoms with Crippen LogP contribution in [-0.2, 0) is 6.42 Å². The number of halogens is 2. The van der Waals surface area contributed by atoms with Gasteiger partial charge in [0.1, 0.15) is 0 Å². The van der Waals surface area contributed by atoms with Crippen LogP contribution in [0.4, 0.5) is 8.78 Å². The molecule has 2 rings (SSSR count). The fourth-order valence-electron chi connectivity index (χ4n) is 2.04. The summed E-state index contributed by atoms with van der Waals surface area (Å²) in [6.07, 6.45) is 2.04. The Morgan fingerprint density at radius 3 is 2.13 bits per heavy atom. The van der Waals surface area contributed by atoms with Crippen LogP contribution in [0.3, 0.4) is 0 Å². The van der Waals surface area contributed by atoms with Gasteiger partial charge in [0, 0.05) is 11.1 Å². The Morgan fingerprint density at radius 2 is 1.57 bits per heavy atom. The summed E-state index contributed by atoms with van der Waals surface area (Å²) in [5.41, 5.74) is 2.28. The van der Waals surface area contributed by atoms with E-state index in [1.807, 2.05) is 18.2 Å². The fraction of sp³-hybridized carbons (Fsp3) is 0.150. The van der Waals surface area contributed by atoms with Crippen molar-refractivity contribution in [1.29, 1.82) is 5.26 Å². The third-order valence-electron chi connectivity index (χ3n) is 3.27. The van der Waals surface area contributed by atoms with Crippen LogP contribution >= 0.6 is 0 Å². The second-order valence-electron chi connectivity index (χ2n) is 5.01. The Hall–Kier alpha value is -2.91. The summed E-state index contributed by atoms with van der Waals surface area (Å²) in [4.78, 5) is 0. The molecule has 3 heteroatoms. The first-order chi connectivity index (χ1) is 11.1. The number of benzene rings is 2. The molecule has 0 saturated carbocycles. The second kappa shape index (κ2) is 7.92. The van der Waals surface area contributed by atoms with Crippen LogP contribution in [0, 0.1) is 23.2 Å². The number of hydrogen-bond donors (Lipinski definition) is 0. The van der Waals surface area contributed by atoms with E-state index in [1.165, 1.54) is 29.8 Å². The van der Waals surface area contributed by atoms with Crippen LogP contribution in [0.15, 0.2) is 54.4 Å². The molecule has 0 aliphatic heterocycles. The van der Waals surface area contributed by atoms with Crippen LogP contribution in [0.1, 0.15) is 35.6 Å². The third-order valence-corrected chi connectivity index (χ3v) is 3.27. The number of rotatable bonds is 3. The van der Waals surface area contributed by atoms with Crippen LogP contribution in [-0.4, -0.2) is 0 Å². The minimum absolute atomic E-state index is 0.0640. The largest absolute Gasteiger partial charge is 0.209 e. The van der Waals surface area contributed by atoms with Crippen LogP contribution in [0.2, 0.25) is 0 Å². The first-order valence-electron chi connectivity index (χ1n) is 7.30. The van der Waals surface area contributed by atoms with Gasteiger partial charge in [-0.25, -0.2) is 4.39 Å². The Kier molecular flexibility index (Phi) is 5.67. The quantitative estimate of drug-likeness (QED) is 0.718. The minimum atomic E-state index is -1.12. The topological polar surface area (TPSA) is 23.8 Å². The molecule has 0 aromatic heterocycles. The summed E-state index contributed by atoms with van der Waals surface area (Å²) in [7, 11) is 0. The Morgan fingerprint density at radius 1 is 0.957 bits per heavy atom. The summed E-state index contributed by atoms with van der Waals surface area (Å²) in [6, 6.07) is 15.0. The van der Waals surface area contributed by atoms with E-state index >= 15 is 0 Å². The van der Waals surface area contributed by atoms with E-state index in [-0.39, 0.29) is 5.56 Å². The summed E-state index contributed by atoms with van der Waals surface area (Å²) < 4.78 is 27.8. The minimum Gasteiger partial charge on any atom is -0.202 e. The van der Waals surface area contributed by atoms with Gasteiger partial charge in [0.25, 0.3) is 0 Å². The van der Waals surface area contributed by atoms with Crippen molar-refractivity contribution in [3.05, 3.63) is 76.6 Å². The molecule has 0 aliphatic carbocycles. The van der Waals surface area contributed by atoms with Gasteiger partial charge < -0.3 is 0 Å². The predicted molar refractivity (Wildman–Crippen MR) is 87.6 cm³/mol. The van der Waals surface area contributed by atoms with Gasteiger partial charge in [-0.15, -0.1) is 0 Å². The zero-order chi connectivity index (χ0) is 16.7. The van der Waals surface area contributed by atoms with Gasteiger partial charge in [-0.3, -0.25) is 0 Å². The highest BCUT2D eigenvalue weighted by Gasteiger charge is 2.07. The van der Waals surface area contributed by atoms with Crippen molar-refractivity contribution in [2.75, 3.05) is 0 Å². The zero-order valence-electron chi connectivity index (χ0n) is 12.7. The second-order valence-corrected chi connectivity index (χ2v) is 5.01. The molecule has 0 spiro atoms. The molecule has 2 aromatic rings. The molecular weight excluding hydrogens is 292 g/mol. The average Bonchev–Trinajstić information content (AvgIpc) is 2.60. The van der Waals surface area contributed by atoms with Crippen molar-refractivity contribution >= 4 is 5.83 Å². The number of hydrogen-bond acceptors (Lipinski definition) is 1. The van der Waals surface area contributed by atoms with Gasteiger partial charge in [-0.2, -0.15) is 9.65 Å². The molecule has 114 valence electrons. The van der Waals surface area contributed by atoms with E-state index in [0.717, 1.165) is 12.8 Å². The maximum atomic E-state index is 14.0. The SMILES string of the molecule is CCCc1ccc(C#CC(F)=C(F)c2ccc(C#N)cc2)cc1. The summed E-state index contributed by atoms with van der Waals surface area (Å²) in [5.74, 6) is 2.67. The van der Waals surface area contributed by atoms with E-state index in [2.05, 4.69) is 18.8 Å². The van der Waals surface area contributed by atoms with Gasteiger partial charge in [-0.05, 0) is 42.2 Å². The molecule has 1 nitrogen and oxygen atoms in total. The lowest BCUT2D eigenvalue weighted by molar-refractivity contribution is 0.635. The maximum absolute atomic E-state index is 14.0. The lowest BCUT2D eigenvalue weighted by atomic mass is 10.1. The van der Waals surface area contributed by atoms with Gasteiger partial charge in [0.2, 0.25) is 5.83 Å². The van der Waals surface area contributed by atoms with Crippen LogP contribution < -0.4 is 0 Å². The smallest absolute Gasteiger partial charge is 0.202 e. The highest BCUT2D eigenvalue weighted by molar-refractivity contribution is 5.65. The van der Waals surface area contributed by atoms with Crippen molar-refractivity contribution in [3.8, 4) is 17.9 Å². The molecule has 0 radical (unpaired) electrons. The molecule has 0 amide bonds. The van der Waals surface area contributed by atoms with E-state index in [0.29, 0.717) is 11.1 Å². The number of aryl methyl sites for hydroxylation is 1. The molecule has 0 N–H and O–H groups in total. The zero-order valence-corrected chi connectivity index (χ0v) is 12.7. The van der Waals surface area contributed by atoms with Gasteiger partial charge in [0.05, 0.1) is 11.6 Å².